The second kappa shape index (κ2) is 4.79. The summed E-state index contributed by atoms with van der Waals surface area (Å²) in [4.78, 5) is 0. The van der Waals surface area contributed by atoms with Crippen LogP contribution in [0.3, 0.4) is 0 Å². The highest BCUT2D eigenvalue weighted by molar-refractivity contribution is 5.30. The highest BCUT2D eigenvalue weighted by Crippen LogP contribution is 2.25. The van der Waals surface area contributed by atoms with Crippen LogP contribution in [-0.2, 0) is 11.3 Å². The highest BCUT2D eigenvalue weighted by Gasteiger charge is 2.36. The lowest BCUT2D eigenvalue weighted by Gasteiger charge is -2.29. The maximum atomic E-state index is 5.64. The molecule has 1 aliphatic rings. The summed E-state index contributed by atoms with van der Waals surface area (Å²) in [5.41, 5.74) is 4.20. The van der Waals surface area contributed by atoms with E-state index in [0.29, 0.717) is 6.10 Å². The molecular formula is C15H23NO. The summed E-state index contributed by atoms with van der Waals surface area (Å²) >= 11 is 0. The number of nitrogens with one attached hydrogen (secondary N) is 1. The summed E-state index contributed by atoms with van der Waals surface area (Å²) < 4.78 is 5.64. The van der Waals surface area contributed by atoms with Gasteiger partial charge in [0.1, 0.15) is 0 Å². The Bertz CT molecular complexity index is 402. The van der Waals surface area contributed by atoms with Crippen LogP contribution in [0.2, 0.25) is 0 Å². The molecule has 1 saturated heterocycles. The normalized spacial score (nSPS) is 28.6. The Labute approximate surface area is 104 Å². The molecule has 17 heavy (non-hydrogen) atoms. The van der Waals surface area contributed by atoms with E-state index in [1.54, 1.807) is 0 Å². The van der Waals surface area contributed by atoms with Gasteiger partial charge < -0.3 is 10.1 Å². The van der Waals surface area contributed by atoms with Crippen LogP contribution >= 0.6 is 0 Å². The quantitative estimate of drug-likeness (QED) is 0.866. The number of ether oxygens (including phenoxy) is 1. The van der Waals surface area contributed by atoms with E-state index in [1.807, 2.05) is 0 Å². The zero-order valence-electron chi connectivity index (χ0n) is 11.3. The number of hydrogen-bond donors (Lipinski definition) is 1. The molecule has 1 N–H and O–H groups in total. The van der Waals surface area contributed by atoms with Crippen LogP contribution in [0.15, 0.2) is 18.2 Å². The van der Waals surface area contributed by atoms with E-state index in [2.05, 4.69) is 51.2 Å². The van der Waals surface area contributed by atoms with E-state index in [-0.39, 0.29) is 5.54 Å². The number of benzene rings is 1. The van der Waals surface area contributed by atoms with Crippen molar-refractivity contribution in [3.8, 4) is 0 Å². The van der Waals surface area contributed by atoms with E-state index < -0.39 is 0 Å². The van der Waals surface area contributed by atoms with Gasteiger partial charge in [-0.3, -0.25) is 0 Å². The molecule has 2 rings (SSSR count). The molecule has 0 bridgehead atoms. The first kappa shape index (κ1) is 12.6. The van der Waals surface area contributed by atoms with Crippen LogP contribution < -0.4 is 5.32 Å². The van der Waals surface area contributed by atoms with Gasteiger partial charge in [-0.05, 0) is 45.2 Å². The predicted octanol–water partition coefficient (Wildman–Crippen LogP) is 2.96. The lowest BCUT2D eigenvalue weighted by atomic mass is 9.94. The fourth-order valence-corrected chi connectivity index (χ4v) is 2.41. The molecule has 0 radical (unpaired) electrons. The molecule has 2 nitrogen and oxygen atoms in total. The fraction of sp³-hybridized carbons (Fsp3) is 0.600. The standard InChI is InChI=1S/C15H23NO/c1-11-5-6-14(12(2)9-11)10-16-15(4)7-8-17-13(15)3/h5-6,9,13,16H,7-8,10H2,1-4H3. The lowest BCUT2D eigenvalue weighted by Crippen LogP contribution is -2.47. The Kier molecular flexibility index (Phi) is 3.55. The van der Waals surface area contributed by atoms with Crippen molar-refractivity contribution in [1.29, 1.82) is 0 Å². The summed E-state index contributed by atoms with van der Waals surface area (Å²) in [6.07, 6.45) is 1.40. The van der Waals surface area contributed by atoms with Crippen LogP contribution in [0.1, 0.15) is 37.0 Å². The Morgan fingerprint density at radius 1 is 1.41 bits per heavy atom. The average Bonchev–Trinajstić information content (AvgIpc) is 2.59. The summed E-state index contributed by atoms with van der Waals surface area (Å²) in [7, 11) is 0. The Balaban J connectivity index is 2.02. The molecule has 1 aliphatic heterocycles. The van der Waals surface area contributed by atoms with Gasteiger partial charge in [0, 0.05) is 18.7 Å². The highest BCUT2D eigenvalue weighted by atomic mass is 16.5. The first-order valence-corrected chi connectivity index (χ1v) is 6.44. The van der Waals surface area contributed by atoms with Gasteiger partial charge in [0.05, 0.1) is 6.10 Å². The summed E-state index contributed by atoms with van der Waals surface area (Å²) in [6.45, 7) is 10.5. The number of hydrogen-bond acceptors (Lipinski definition) is 2. The minimum atomic E-state index is 0.122. The van der Waals surface area contributed by atoms with Crippen molar-refractivity contribution in [2.75, 3.05) is 6.61 Å². The number of rotatable bonds is 3. The topological polar surface area (TPSA) is 21.3 Å². The molecule has 0 aromatic heterocycles. The van der Waals surface area contributed by atoms with Crippen molar-refractivity contribution in [3.63, 3.8) is 0 Å². The van der Waals surface area contributed by atoms with Gasteiger partial charge in [0.2, 0.25) is 0 Å². The SMILES string of the molecule is Cc1ccc(CNC2(C)CCOC2C)c(C)c1. The molecular weight excluding hydrogens is 210 g/mol. The maximum Gasteiger partial charge on any atom is 0.0726 e. The molecule has 2 heteroatoms. The van der Waals surface area contributed by atoms with Crippen molar-refractivity contribution < 1.29 is 4.74 Å². The van der Waals surface area contributed by atoms with Gasteiger partial charge in [-0.2, -0.15) is 0 Å². The van der Waals surface area contributed by atoms with Crippen LogP contribution in [0.4, 0.5) is 0 Å². The zero-order valence-corrected chi connectivity index (χ0v) is 11.3. The molecule has 2 atom stereocenters. The molecule has 0 amide bonds. The minimum absolute atomic E-state index is 0.122. The van der Waals surface area contributed by atoms with Gasteiger partial charge >= 0.3 is 0 Å². The third-order valence-corrected chi connectivity index (χ3v) is 4.07. The first-order valence-electron chi connectivity index (χ1n) is 6.44. The molecule has 1 aromatic rings. The summed E-state index contributed by atoms with van der Waals surface area (Å²) in [5, 5.41) is 3.66. The lowest BCUT2D eigenvalue weighted by molar-refractivity contribution is 0.0881. The van der Waals surface area contributed by atoms with Gasteiger partial charge in [-0.25, -0.2) is 0 Å². The van der Waals surface area contributed by atoms with E-state index in [1.165, 1.54) is 16.7 Å². The van der Waals surface area contributed by atoms with Crippen molar-refractivity contribution in [2.45, 2.75) is 52.3 Å². The minimum Gasteiger partial charge on any atom is -0.377 e. The molecule has 94 valence electrons. The maximum absolute atomic E-state index is 5.64. The molecule has 0 aliphatic carbocycles. The van der Waals surface area contributed by atoms with Gasteiger partial charge in [-0.15, -0.1) is 0 Å². The van der Waals surface area contributed by atoms with Gasteiger partial charge in [0.25, 0.3) is 0 Å². The zero-order chi connectivity index (χ0) is 12.5. The van der Waals surface area contributed by atoms with Crippen molar-refractivity contribution in [1.82, 2.24) is 5.32 Å². The first-order chi connectivity index (χ1) is 8.01. The van der Waals surface area contributed by atoms with Crippen LogP contribution in [-0.4, -0.2) is 18.2 Å². The van der Waals surface area contributed by atoms with Crippen molar-refractivity contribution in [2.24, 2.45) is 0 Å². The van der Waals surface area contributed by atoms with Crippen molar-refractivity contribution in [3.05, 3.63) is 34.9 Å². The predicted molar refractivity (Wildman–Crippen MR) is 71.2 cm³/mol. The second-order valence-corrected chi connectivity index (χ2v) is 5.46. The van der Waals surface area contributed by atoms with E-state index in [0.717, 1.165) is 19.6 Å². The third kappa shape index (κ3) is 2.70. The van der Waals surface area contributed by atoms with E-state index >= 15 is 0 Å². The van der Waals surface area contributed by atoms with Gasteiger partial charge in [0.15, 0.2) is 0 Å². The largest absolute Gasteiger partial charge is 0.377 e. The van der Waals surface area contributed by atoms with Crippen LogP contribution in [0.25, 0.3) is 0 Å². The Morgan fingerprint density at radius 2 is 2.18 bits per heavy atom. The van der Waals surface area contributed by atoms with Gasteiger partial charge in [-0.1, -0.05) is 23.8 Å². The number of aryl methyl sites for hydroxylation is 2. The van der Waals surface area contributed by atoms with E-state index in [9.17, 15) is 0 Å². The Hall–Kier alpha value is -0.860. The average molecular weight is 233 g/mol. The second-order valence-electron chi connectivity index (χ2n) is 5.46. The summed E-state index contributed by atoms with van der Waals surface area (Å²) in [6, 6.07) is 6.65. The van der Waals surface area contributed by atoms with Crippen molar-refractivity contribution >= 4 is 0 Å². The Morgan fingerprint density at radius 3 is 2.76 bits per heavy atom. The molecule has 0 spiro atoms. The van der Waals surface area contributed by atoms with Crippen LogP contribution in [0, 0.1) is 13.8 Å². The molecule has 1 heterocycles. The molecule has 1 aromatic carbocycles. The molecule has 1 fully saturated rings. The molecule has 0 saturated carbocycles. The molecule has 2 unspecified atom stereocenters. The third-order valence-electron chi connectivity index (χ3n) is 4.07. The fourth-order valence-electron chi connectivity index (χ4n) is 2.41. The smallest absolute Gasteiger partial charge is 0.0726 e. The summed E-state index contributed by atoms with van der Waals surface area (Å²) in [5.74, 6) is 0. The monoisotopic (exact) mass is 233 g/mol. The van der Waals surface area contributed by atoms with E-state index in [4.69, 9.17) is 4.74 Å². The van der Waals surface area contributed by atoms with Crippen LogP contribution in [0.5, 0.6) is 0 Å².